The highest BCUT2D eigenvalue weighted by Crippen LogP contribution is 2.29. The minimum Gasteiger partial charge on any atom is -0.368 e. The van der Waals surface area contributed by atoms with Gasteiger partial charge in [-0.15, -0.1) is 0 Å². The Hall–Kier alpha value is -3.41. The highest BCUT2D eigenvalue weighted by atomic mass is 16.2. The minimum atomic E-state index is -0.0466. The van der Waals surface area contributed by atoms with Crippen molar-refractivity contribution in [3.63, 3.8) is 0 Å². The van der Waals surface area contributed by atoms with E-state index in [9.17, 15) is 4.79 Å². The van der Waals surface area contributed by atoms with Crippen molar-refractivity contribution in [2.45, 2.75) is 13.3 Å². The molecule has 0 N–H and O–H groups in total. The quantitative estimate of drug-likeness (QED) is 0.676. The minimum absolute atomic E-state index is 0.0466. The van der Waals surface area contributed by atoms with E-state index in [2.05, 4.69) is 50.1 Å². The van der Waals surface area contributed by atoms with Crippen LogP contribution in [0, 0.1) is 6.92 Å². The molecule has 1 fully saturated rings. The van der Waals surface area contributed by atoms with Crippen molar-refractivity contribution in [2.24, 2.45) is 0 Å². The molecule has 6 heteroatoms. The van der Waals surface area contributed by atoms with Crippen LogP contribution in [0.15, 0.2) is 60.7 Å². The van der Waals surface area contributed by atoms with Gasteiger partial charge in [-0.2, -0.15) is 0 Å². The van der Waals surface area contributed by atoms with Crippen LogP contribution in [0.5, 0.6) is 0 Å². The molecule has 0 saturated carbocycles. The molecule has 0 aliphatic carbocycles. The molecule has 2 aromatic carbocycles. The van der Waals surface area contributed by atoms with E-state index in [-0.39, 0.29) is 5.91 Å². The molecule has 1 amide bonds. The molecular formula is C24H25N5O. The molecule has 0 spiro atoms. The van der Waals surface area contributed by atoms with E-state index in [1.807, 2.05) is 42.2 Å². The van der Waals surface area contributed by atoms with Gasteiger partial charge in [0.1, 0.15) is 17.3 Å². The molecule has 6 nitrogen and oxygen atoms in total. The van der Waals surface area contributed by atoms with Crippen molar-refractivity contribution in [2.75, 3.05) is 47.4 Å². The summed E-state index contributed by atoms with van der Waals surface area (Å²) in [5.74, 6) is 1.43. The SMILES string of the molecule is Cc1nc(C(=O)N2CCc3ccccc32)cc(N2CCN(c3ccccc3)CC2)n1. The van der Waals surface area contributed by atoms with Crippen molar-refractivity contribution in [1.82, 2.24) is 9.97 Å². The van der Waals surface area contributed by atoms with E-state index in [0.29, 0.717) is 18.1 Å². The second kappa shape index (κ2) is 7.78. The van der Waals surface area contributed by atoms with Crippen molar-refractivity contribution in [3.8, 4) is 0 Å². The van der Waals surface area contributed by atoms with Crippen molar-refractivity contribution < 1.29 is 4.79 Å². The first-order chi connectivity index (χ1) is 14.7. The molecule has 2 aliphatic rings. The molecule has 3 aromatic rings. The number of amides is 1. The van der Waals surface area contributed by atoms with Gasteiger partial charge in [0.05, 0.1) is 0 Å². The Kier molecular flexibility index (Phi) is 4.83. The molecule has 30 heavy (non-hydrogen) atoms. The van der Waals surface area contributed by atoms with Crippen molar-refractivity contribution in [3.05, 3.63) is 77.7 Å². The van der Waals surface area contributed by atoms with Crippen LogP contribution in [0.4, 0.5) is 17.2 Å². The zero-order valence-corrected chi connectivity index (χ0v) is 17.2. The summed E-state index contributed by atoms with van der Waals surface area (Å²) in [6, 6.07) is 20.4. The molecule has 152 valence electrons. The lowest BCUT2D eigenvalue weighted by Gasteiger charge is -2.36. The third-order valence-corrected chi connectivity index (χ3v) is 5.90. The first-order valence-corrected chi connectivity index (χ1v) is 10.5. The molecule has 3 heterocycles. The lowest BCUT2D eigenvalue weighted by Crippen LogP contribution is -2.47. The fourth-order valence-corrected chi connectivity index (χ4v) is 4.34. The summed E-state index contributed by atoms with van der Waals surface area (Å²) in [6.45, 7) is 6.15. The van der Waals surface area contributed by atoms with Gasteiger partial charge in [0, 0.05) is 50.2 Å². The molecular weight excluding hydrogens is 374 g/mol. The molecule has 5 rings (SSSR count). The third-order valence-electron chi connectivity index (χ3n) is 5.90. The number of anilines is 3. The van der Waals surface area contributed by atoms with Gasteiger partial charge in [0.25, 0.3) is 5.91 Å². The van der Waals surface area contributed by atoms with Crippen LogP contribution in [-0.2, 0) is 6.42 Å². The normalized spacial score (nSPS) is 16.0. The van der Waals surface area contributed by atoms with Gasteiger partial charge in [-0.05, 0) is 37.1 Å². The van der Waals surface area contributed by atoms with Crippen molar-refractivity contribution in [1.29, 1.82) is 0 Å². The van der Waals surface area contributed by atoms with E-state index >= 15 is 0 Å². The van der Waals surface area contributed by atoms with E-state index in [1.54, 1.807) is 0 Å². The molecule has 0 radical (unpaired) electrons. The zero-order valence-electron chi connectivity index (χ0n) is 17.2. The van der Waals surface area contributed by atoms with Crippen LogP contribution < -0.4 is 14.7 Å². The second-order valence-corrected chi connectivity index (χ2v) is 7.80. The van der Waals surface area contributed by atoms with E-state index < -0.39 is 0 Å². The largest absolute Gasteiger partial charge is 0.368 e. The number of aryl methyl sites for hydroxylation is 1. The Labute approximate surface area is 176 Å². The summed E-state index contributed by atoms with van der Waals surface area (Å²) >= 11 is 0. The Morgan fingerprint density at radius 3 is 2.33 bits per heavy atom. The Bertz CT molecular complexity index is 1060. The highest BCUT2D eigenvalue weighted by Gasteiger charge is 2.27. The topological polar surface area (TPSA) is 52.6 Å². The fourth-order valence-electron chi connectivity index (χ4n) is 4.34. The number of fused-ring (bicyclic) bond motifs is 1. The molecule has 0 unspecified atom stereocenters. The van der Waals surface area contributed by atoms with Gasteiger partial charge >= 0.3 is 0 Å². The first kappa shape index (κ1) is 18.6. The monoisotopic (exact) mass is 399 g/mol. The fraction of sp³-hybridized carbons (Fsp3) is 0.292. The number of carbonyl (C=O) groups is 1. The van der Waals surface area contributed by atoms with Crippen LogP contribution in [-0.4, -0.2) is 48.6 Å². The molecule has 2 aliphatic heterocycles. The maximum absolute atomic E-state index is 13.2. The smallest absolute Gasteiger partial charge is 0.277 e. The summed E-state index contributed by atoms with van der Waals surface area (Å²) in [5, 5.41) is 0. The predicted molar refractivity (Wildman–Crippen MR) is 119 cm³/mol. The lowest BCUT2D eigenvalue weighted by atomic mass is 10.2. The molecule has 0 atom stereocenters. The maximum atomic E-state index is 13.2. The summed E-state index contributed by atoms with van der Waals surface area (Å²) in [6.07, 6.45) is 0.889. The average molecular weight is 399 g/mol. The van der Waals surface area contributed by atoms with Crippen LogP contribution in [0.25, 0.3) is 0 Å². The van der Waals surface area contributed by atoms with Crippen molar-refractivity contribution >= 4 is 23.1 Å². The maximum Gasteiger partial charge on any atom is 0.277 e. The second-order valence-electron chi connectivity index (χ2n) is 7.80. The van der Waals surface area contributed by atoms with Crippen LogP contribution in [0.1, 0.15) is 21.9 Å². The lowest BCUT2D eigenvalue weighted by molar-refractivity contribution is 0.0984. The number of rotatable bonds is 3. The Balaban J connectivity index is 1.34. The van der Waals surface area contributed by atoms with Crippen LogP contribution >= 0.6 is 0 Å². The van der Waals surface area contributed by atoms with Gasteiger partial charge < -0.3 is 14.7 Å². The van der Waals surface area contributed by atoms with Gasteiger partial charge in [0.15, 0.2) is 0 Å². The molecule has 1 saturated heterocycles. The van der Waals surface area contributed by atoms with E-state index in [4.69, 9.17) is 0 Å². The number of hydrogen-bond donors (Lipinski definition) is 0. The average Bonchev–Trinajstić information content (AvgIpc) is 3.23. The Morgan fingerprint density at radius 1 is 0.833 bits per heavy atom. The predicted octanol–water partition coefficient (Wildman–Crippen LogP) is 3.31. The summed E-state index contributed by atoms with van der Waals surface area (Å²) in [4.78, 5) is 28.8. The summed E-state index contributed by atoms with van der Waals surface area (Å²) in [7, 11) is 0. The number of carbonyl (C=O) groups excluding carboxylic acids is 1. The Morgan fingerprint density at radius 2 is 1.53 bits per heavy atom. The number of benzene rings is 2. The molecule has 0 bridgehead atoms. The number of piperazine rings is 1. The standard InChI is InChI=1S/C24H25N5O/c1-18-25-21(24(30)29-12-11-19-7-5-6-10-22(19)29)17-23(26-18)28-15-13-27(14-16-28)20-8-3-2-4-9-20/h2-10,17H,11-16H2,1H3. The van der Waals surface area contributed by atoms with Crippen LogP contribution in [0.3, 0.4) is 0 Å². The zero-order chi connectivity index (χ0) is 20.5. The van der Waals surface area contributed by atoms with Gasteiger partial charge in [-0.3, -0.25) is 4.79 Å². The van der Waals surface area contributed by atoms with Gasteiger partial charge in [-0.1, -0.05) is 36.4 Å². The number of para-hydroxylation sites is 2. The van der Waals surface area contributed by atoms with E-state index in [1.165, 1.54) is 11.3 Å². The first-order valence-electron chi connectivity index (χ1n) is 10.5. The summed E-state index contributed by atoms with van der Waals surface area (Å²) in [5.41, 5.74) is 3.94. The van der Waals surface area contributed by atoms with Gasteiger partial charge in [-0.25, -0.2) is 9.97 Å². The van der Waals surface area contributed by atoms with Crippen LogP contribution in [0.2, 0.25) is 0 Å². The summed E-state index contributed by atoms with van der Waals surface area (Å²) < 4.78 is 0. The number of aromatic nitrogens is 2. The number of nitrogens with zero attached hydrogens (tertiary/aromatic N) is 5. The highest BCUT2D eigenvalue weighted by molar-refractivity contribution is 6.06. The third kappa shape index (κ3) is 3.49. The van der Waals surface area contributed by atoms with E-state index in [0.717, 1.165) is 44.1 Å². The molecule has 1 aromatic heterocycles. The number of hydrogen-bond acceptors (Lipinski definition) is 5. The van der Waals surface area contributed by atoms with Gasteiger partial charge in [0.2, 0.25) is 0 Å².